The number of para-hydroxylation sites is 1. The molecule has 6 heteroatoms. The Balaban J connectivity index is 1.75. The number of halogens is 2. The number of methoxy groups -OCH3 is 1. The number of ether oxygens (including phenoxy) is 1. The molecule has 1 saturated carbocycles. The summed E-state index contributed by atoms with van der Waals surface area (Å²) >= 11 is 14.3. The highest BCUT2D eigenvalue weighted by Gasteiger charge is 2.49. The first kappa shape index (κ1) is 16.1. The Morgan fingerprint density at radius 1 is 1.21 bits per heavy atom. The Bertz CT molecular complexity index is 813. The number of rotatable bonds is 2. The van der Waals surface area contributed by atoms with Crippen LogP contribution >= 0.6 is 35.0 Å². The summed E-state index contributed by atoms with van der Waals surface area (Å²) in [7, 11) is 1.50. The second-order valence-corrected chi connectivity index (χ2v) is 8.44. The van der Waals surface area contributed by atoms with Crippen molar-refractivity contribution in [2.75, 3.05) is 18.6 Å². The molecule has 0 bridgehead atoms. The van der Waals surface area contributed by atoms with Gasteiger partial charge in [0.1, 0.15) is 0 Å². The molecule has 1 aliphatic heterocycles. The maximum atomic E-state index is 13.1. The number of thioether (sulfide) groups is 1. The third kappa shape index (κ3) is 2.67. The van der Waals surface area contributed by atoms with Crippen LogP contribution in [0.2, 0.25) is 10.0 Å². The highest BCUT2D eigenvalue weighted by Crippen LogP contribution is 2.57. The fraction of sp³-hybridized carbons (Fsp3) is 0.278. The van der Waals surface area contributed by atoms with Crippen LogP contribution in [0.4, 0.5) is 5.69 Å². The van der Waals surface area contributed by atoms with Crippen LogP contribution in [0.15, 0.2) is 41.3 Å². The molecule has 4 rings (SSSR count). The van der Waals surface area contributed by atoms with Gasteiger partial charge in [-0.15, -0.1) is 11.8 Å². The van der Waals surface area contributed by atoms with Crippen molar-refractivity contribution in [3.63, 3.8) is 0 Å². The SMILES string of the molecule is COc1c(Cl)cc(C(=O)N2CC3(CC3)Sc3ccccc32)cc1Cl. The van der Waals surface area contributed by atoms with Crippen LogP contribution in [0, 0.1) is 0 Å². The van der Waals surface area contributed by atoms with Crippen LogP contribution in [0.1, 0.15) is 23.2 Å². The van der Waals surface area contributed by atoms with Crippen LogP contribution in [-0.4, -0.2) is 24.3 Å². The molecule has 2 aromatic carbocycles. The average molecular weight is 380 g/mol. The lowest BCUT2D eigenvalue weighted by molar-refractivity contribution is 0.0985. The summed E-state index contributed by atoms with van der Waals surface area (Å²) in [6.07, 6.45) is 2.28. The van der Waals surface area contributed by atoms with Gasteiger partial charge >= 0.3 is 0 Å². The molecule has 1 aliphatic carbocycles. The Labute approximate surface area is 154 Å². The lowest BCUT2D eigenvalue weighted by Crippen LogP contribution is -2.40. The molecule has 1 fully saturated rings. The zero-order valence-electron chi connectivity index (χ0n) is 13.0. The van der Waals surface area contributed by atoms with Gasteiger partial charge in [0.05, 0.1) is 22.8 Å². The summed E-state index contributed by atoms with van der Waals surface area (Å²) in [5.41, 5.74) is 1.43. The van der Waals surface area contributed by atoms with E-state index in [0.717, 1.165) is 30.0 Å². The van der Waals surface area contributed by atoms with Crippen molar-refractivity contribution in [1.29, 1.82) is 0 Å². The summed E-state index contributed by atoms with van der Waals surface area (Å²) in [6, 6.07) is 11.3. The Morgan fingerprint density at radius 2 is 1.88 bits per heavy atom. The fourth-order valence-electron chi connectivity index (χ4n) is 3.02. The first-order chi connectivity index (χ1) is 11.5. The van der Waals surface area contributed by atoms with Gasteiger partial charge in [-0.3, -0.25) is 4.79 Å². The number of carbonyl (C=O) groups excluding carboxylic acids is 1. The van der Waals surface area contributed by atoms with Gasteiger partial charge in [0, 0.05) is 21.8 Å². The molecule has 1 spiro atoms. The van der Waals surface area contributed by atoms with E-state index in [1.165, 1.54) is 7.11 Å². The maximum absolute atomic E-state index is 13.1. The minimum absolute atomic E-state index is 0.0829. The van der Waals surface area contributed by atoms with Gasteiger partial charge in [-0.1, -0.05) is 35.3 Å². The molecule has 1 amide bonds. The molecule has 124 valence electrons. The van der Waals surface area contributed by atoms with Crippen LogP contribution in [0.3, 0.4) is 0 Å². The number of anilines is 1. The van der Waals surface area contributed by atoms with Gasteiger partial charge in [-0.05, 0) is 37.1 Å². The summed E-state index contributed by atoms with van der Waals surface area (Å²) in [4.78, 5) is 16.1. The molecular formula is C18H15Cl2NO2S. The zero-order chi connectivity index (χ0) is 16.9. The summed E-state index contributed by atoms with van der Waals surface area (Å²) in [6.45, 7) is 0.717. The number of amides is 1. The van der Waals surface area contributed by atoms with E-state index in [1.54, 1.807) is 12.1 Å². The zero-order valence-corrected chi connectivity index (χ0v) is 15.3. The van der Waals surface area contributed by atoms with E-state index < -0.39 is 0 Å². The highest BCUT2D eigenvalue weighted by molar-refractivity contribution is 8.01. The van der Waals surface area contributed by atoms with Gasteiger partial charge < -0.3 is 9.64 Å². The first-order valence-electron chi connectivity index (χ1n) is 7.66. The smallest absolute Gasteiger partial charge is 0.258 e. The normalized spacial score (nSPS) is 17.5. The molecule has 0 saturated heterocycles. The van der Waals surface area contributed by atoms with Crippen LogP contribution in [0.25, 0.3) is 0 Å². The molecule has 0 radical (unpaired) electrons. The predicted octanol–water partition coefficient (Wildman–Crippen LogP) is 5.29. The van der Waals surface area contributed by atoms with Gasteiger partial charge in [-0.2, -0.15) is 0 Å². The Kier molecular flexibility index (Phi) is 3.94. The summed E-state index contributed by atoms with van der Waals surface area (Å²) in [5.74, 6) is 0.309. The number of fused-ring (bicyclic) bond motifs is 1. The van der Waals surface area contributed by atoms with Crippen molar-refractivity contribution < 1.29 is 9.53 Å². The maximum Gasteiger partial charge on any atom is 0.258 e. The van der Waals surface area contributed by atoms with E-state index in [4.69, 9.17) is 27.9 Å². The van der Waals surface area contributed by atoms with Crippen LogP contribution < -0.4 is 9.64 Å². The lowest BCUT2D eigenvalue weighted by atomic mass is 10.1. The quantitative estimate of drug-likeness (QED) is 0.709. The van der Waals surface area contributed by atoms with E-state index in [9.17, 15) is 4.79 Å². The fourth-order valence-corrected chi connectivity index (χ4v) is 5.06. The van der Waals surface area contributed by atoms with Crippen molar-refractivity contribution in [2.45, 2.75) is 22.5 Å². The minimum Gasteiger partial charge on any atom is -0.494 e. The van der Waals surface area contributed by atoms with E-state index in [-0.39, 0.29) is 10.7 Å². The summed E-state index contributed by atoms with van der Waals surface area (Å²) < 4.78 is 5.33. The second kappa shape index (κ2) is 5.87. The van der Waals surface area contributed by atoms with Crippen LogP contribution in [0.5, 0.6) is 5.75 Å². The number of hydrogen-bond donors (Lipinski definition) is 0. The van der Waals surface area contributed by atoms with E-state index in [2.05, 4.69) is 6.07 Å². The van der Waals surface area contributed by atoms with Crippen molar-refractivity contribution in [3.8, 4) is 5.75 Å². The first-order valence-corrected chi connectivity index (χ1v) is 9.23. The molecule has 0 aromatic heterocycles. The molecule has 0 unspecified atom stereocenters. The summed E-state index contributed by atoms with van der Waals surface area (Å²) in [5, 5.41) is 0.684. The third-order valence-corrected chi connectivity index (χ3v) is 6.53. The van der Waals surface area contributed by atoms with E-state index >= 15 is 0 Å². The molecule has 0 atom stereocenters. The highest BCUT2D eigenvalue weighted by atomic mass is 35.5. The number of benzene rings is 2. The Hall–Kier alpha value is -1.36. The Morgan fingerprint density at radius 3 is 2.50 bits per heavy atom. The molecular weight excluding hydrogens is 365 g/mol. The number of hydrogen-bond acceptors (Lipinski definition) is 3. The topological polar surface area (TPSA) is 29.5 Å². The largest absolute Gasteiger partial charge is 0.494 e. The van der Waals surface area contributed by atoms with Gasteiger partial charge in [0.25, 0.3) is 5.91 Å². The molecule has 3 nitrogen and oxygen atoms in total. The second-order valence-electron chi connectivity index (χ2n) is 6.12. The van der Waals surface area contributed by atoms with E-state index in [0.29, 0.717) is 21.4 Å². The van der Waals surface area contributed by atoms with Crippen molar-refractivity contribution >= 4 is 46.6 Å². The monoisotopic (exact) mass is 379 g/mol. The van der Waals surface area contributed by atoms with Crippen molar-refractivity contribution in [1.82, 2.24) is 0 Å². The van der Waals surface area contributed by atoms with E-state index in [1.807, 2.05) is 34.9 Å². The van der Waals surface area contributed by atoms with Gasteiger partial charge in [-0.25, -0.2) is 0 Å². The number of nitrogens with zero attached hydrogens (tertiary/aromatic N) is 1. The van der Waals surface area contributed by atoms with Crippen molar-refractivity contribution in [3.05, 3.63) is 52.0 Å². The molecule has 0 N–H and O–H groups in total. The van der Waals surface area contributed by atoms with Gasteiger partial charge in [0.15, 0.2) is 5.75 Å². The standard InChI is InChI=1S/C18H15Cl2NO2S/c1-23-16-12(19)8-11(9-13(16)20)17(22)21-10-18(6-7-18)24-15-5-3-2-4-14(15)21/h2-5,8-9H,6-7,10H2,1H3. The van der Waals surface area contributed by atoms with Crippen molar-refractivity contribution in [2.24, 2.45) is 0 Å². The number of carbonyl (C=O) groups is 1. The molecule has 24 heavy (non-hydrogen) atoms. The van der Waals surface area contributed by atoms with Crippen LogP contribution in [-0.2, 0) is 0 Å². The third-order valence-electron chi connectivity index (χ3n) is 4.43. The molecule has 1 heterocycles. The minimum atomic E-state index is -0.0829. The predicted molar refractivity (Wildman–Crippen MR) is 99.0 cm³/mol. The van der Waals surface area contributed by atoms with Gasteiger partial charge in [0.2, 0.25) is 0 Å². The molecule has 2 aromatic rings. The average Bonchev–Trinajstić information content (AvgIpc) is 3.31. The lowest BCUT2D eigenvalue weighted by Gasteiger charge is -2.34. The molecule has 2 aliphatic rings.